The second-order valence-corrected chi connectivity index (χ2v) is 6.64. The molecule has 0 aliphatic carbocycles. The lowest BCUT2D eigenvalue weighted by atomic mass is 9.80. The summed E-state index contributed by atoms with van der Waals surface area (Å²) >= 11 is 0. The van der Waals surface area contributed by atoms with E-state index in [-0.39, 0.29) is 5.91 Å². The Morgan fingerprint density at radius 1 is 0.760 bits per heavy atom. The van der Waals surface area contributed by atoms with Crippen molar-refractivity contribution in [3.05, 3.63) is 58.1 Å². The van der Waals surface area contributed by atoms with Crippen LogP contribution < -0.4 is 0 Å². The van der Waals surface area contributed by atoms with E-state index in [2.05, 4.69) is 52.0 Å². The third-order valence-corrected chi connectivity index (χ3v) is 5.04. The van der Waals surface area contributed by atoms with Gasteiger partial charge in [0.25, 0.3) is 5.91 Å². The van der Waals surface area contributed by atoms with Crippen LogP contribution in [0.5, 0.6) is 0 Å². The number of hydrogen-bond donors (Lipinski definition) is 0. The molecule has 2 nitrogen and oxygen atoms in total. The van der Waals surface area contributed by atoms with E-state index in [1.807, 2.05) is 20.2 Å². The van der Waals surface area contributed by atoms with Crippen LogP contribution in [0.4, 0.5) is 0 Å². The van der Waals surface area contributed by atoms with Gasteiger partial charge in [-0.15, -0.1) is 0 Å². The third kappa shape index (κ3) is 3.49. The van der Waals surface area contributed by atoms with Gasteiger partial charge in [-0.2, -0.15) is 0 Å². The molecule has 2 aromatic rings. The Bertz CT molecular complexity index is 745. The van der Waals surface area contributed by atoms with Gasteiger partial charge in [0.15, 0.2) is 0 Å². The summed E-state index contributed by atoms with van der Waals surface area (Å²) < 4.78 is 0. The molecule has 0 N–H and O–H groups in total. The van der Waals surface area contributed by atoms with Gasteiger partial charge in [0, 0.05) is 14.1 Å². The molecule has 0 radical (unpaired) electrons. The Labute approximate surface area is 152 Å². The van der Waals surface area contributed by atoms with E-state index in [0.29, 0.717) is 0 Å². The van der Waals surface area contributed by atoms with Gasteiger partial charge in [-0.25, -0.2) is 0 Å². The molecule has 0 saturated heterocycles. The highest BCUT2D eigenvalue weighted by atomic mass is 16.2. The minimum Gasteiger partial charge on any atom is -0.345 e. The maximum Gasteiger partial charge on any atom is 0.254 e. The monoisotopic (exact) mass is 337 g/mol. The molecule has 0 spiro atoms. The smallest absolute Gasteiger partial charge is 0.254 e. The van der Waals surface area contributed by atoms with Crippen molar-refractivity contribution < 1.29 is 4.79 Å². The standard InChI is InChI=1S/C23H31NO/c1-7-17-18(8-2)20(10-4)22(23(25)24(5)6)21(19(17)9-3)16-14-12-11-13-15-16/h11-15H,7-10H2,1-6H3. The van der Waals surface area contributed by atoms with E-state index in [9.17, 15) is 4.79 Å². The molecule has 0 aliphatic rings. The lowest BCUT2D eigenvalue weighted by Gasteiger charge is -2.26. The number of amides is 1. The Morgan fingerprint density at radius 3 is 1.68 bits per heavy atom. The number of nitrogens with zero attached hydrogens (tertiary/aromatic N) is 1. The van der Waals surface area contributed by atoms with Crippen molar-refractivity contribution in [1.82, 2.24) is 4.90 Å². The number of rotatable bonds is 6. The molecule has 0 unspecified atom stereocenters. The minimum absolute atomic E-state index is 0.114. The van der Waals surface area contributed by atoms with Gasteiger partial charge in [-0.3, -0.25) is 4.79 Å². The van der Waals surface area contributed by atoms with Crippen LogP contribution in [-0.2, 0) is 25.7 Å². The first-order chi connectivity index (χ1) is 12.0. The van der Waals surface area contributed by atoms with E-state index < -0.39 is 0 Å². The van der Waals surface area contributed by atoms with E-state index >= 15 is 0 Å². The molecule has 0 aliphatic heterocycles. The second-order valence-electron chi connectivity index (χ2n) is 6.64. The maximum absolute atomic E-state index is 13.2. The molecule has 0 saturated carbocycles. The van der Waals surface area contributed by atoms with Crippen molar-refractivity contribution in [1.29, 1.82) is 0 Å². The summed E-state index contributed by atoms with van der Waals surface area (Å²) in [6.07, 6.45) is 3.81. The van der Waals surface area contributed by atoms with Gasteiger partial charge in [-0.1, -0.05) is 58.0 Å². The summed E-state index contributed by atoms with van der Waals surface area (Å²) in [7, 11) is 3.70. The predicted octanol–water partition coefficient (Wildman–Crippen LogP) is 5.31. The molecule has 0 bridgehead atoms. The lowest BCUT2D eigenvalue weighted by Crippen LogP contribution is -2.25. The van der Waals surface area contributed by atoms with Gasteiger partial charge in [0.05, 0.1) is 5.56 Å². The first-order valence-corrected chi connectivity index (χ1v) is 9.48. The van der Waals surface area contributed by atoms with Crippen molar-refractivity contribution in [2.45, 2.75) is 53.4 Å². The van der Waals surface area contributed by atoms with Crippen molar-refractivity contribution in [2.24, 2.45) is 0 Å². The summed E-state index contributed by atoms with van der Waals surface area (Å²) in [6, 6.07) is 10.4. The molecule has 0 atom stereocenters. The van der Waals surface area contributed by atoms with Crippen LogP contribution in [0.15, 0.2) is 30.3 Å². The highest BCUT2D eigenvalue weighted by Gasteiger charge is 2.26. The van der Waals surface area contributed by atoms with Crippen LogP contribution in [0.25, 0.3) is 11.1 Å². The second kappa shape index (κ2) is 8.33. The lowest BCUT2D eigenvalue weighted by molar-refractivity contribution is 0.0827. The van der Waals surface area contributed by atoms with Crippen LogP contribution in [0.3, 0.4) is 0 Å². The highest BCUT2D eigenvalue weighted by Crippen LogP contribution is 2.37. The maximum atomic E-state index is 13.2. The fourth-order valence-corrected chi connectivity index (χ4v) is 3.98. The summed E-state index contributed by atoms with van der Waals surface area (Å²) in [5.74, 6) is 0.114. The van der Waals surface area contributed by atoms with Crippen LogP contribution in [0.1, 0.15) is 60.3 Å². The van der Waals surface area contributed by atoms with Crippen molar-refractivity contribution in [3.63, 3.8) is 0 Å². The molecule has 2 rings (SSSR count). The Morgan fingerprint density at radius 2 is 1.24 bits per heavy atom. The average molecular weight is 338 g/mol. The zero-order chi connectivity index (χ0) is 18.6. The molecule has 2 heteroatoms. The van der Waals surface area contributed by atoms with E-state index in [0.717, 1.165) is 42.4 Å². The number of carbonyl (C=O) groups is 1. The molecule has 2 aromatic carbocycles. The van der Waals surface area contributed by atoms with E-state index in [1.165, 1.54) is 22.3 Å². The first-order valence-electron chi connectivity index (χ1n) is 9.48. The fraction of sp³-hybridized carbons (Fsp3) is 0.435. The van der Waals surface area contributed by atoms with Crippen molar-refractivity contribution in [2.75, 3.05) is 14.1 Å². The first kappa shape index (κ1) is 19.2. The summed E-state index contributed by atoms with van der Waals surface area (Å²) in [4.78, 5) is 14.9. The molecule has 1 amide bonds. The molecular formula is C23H31NO. The average Bonchev–Trinajstić information content (AvgIpc) is 2.65. The number of benzene rings is 2. The largest absolute Gasteiger partial charge is 0.345 e. The zero-order valence-electron chi connectivity index (χ0n) is 16.6. The highest BCUT2D eigenvalue weighted by molar-refractivity contribution is 6.03. The molecule has 134 valence electrons. The summed E-state index contributed by atoms with van der Waals surface area (Å²) in [5, 5.41) is 0. The molecule has 0 fully saturated rings. The van der Waals surface area contributed by atoms with Crippen molar-refractivity contribution >= 4 is 5.91 Å². The molecule has 0 heterocycles. The SMILES string of the molecule is CCc1c(CC)c(CC)c(-c2ccccc2)c(C(=O)N(C)C)c1CC. The number of hydrogen-bond acceptors (Lipinski definition) is 1. The van der Waals surface area contributed by atoms with Gasteiger partial charge in [-0.05, 0) is 59.1 Å². The fourth-order valence-electron chi connectivity index (χ4n) is 3.98. The quantitative estimate of drug-likeness (QED) is 0.700. The van der Waals surface area contributed by atoms with Gasteiger partial charge >= 0.3 is 0 Å². The zero-order valence-corrected chi connectivity index (χ0v) is 16.6. The molecule has 0 aromatic heterocycles. The summed E-state index contributed by atoms with van der Waals surface area (Å²) in [5.41, 5.74) is 8.60. The third-order valence-electron chi connectivity index (χ3n) is 5.04. The topological polar surface area (TPSA) is 20.3 Å². The van der Waals surface area contributed by atoms with Crippen molar-refractivity contribution in [3.8, 4) is 11.1 Å². The minimum atomic E-state index is 0.114. The van der Waals surface area contributed by atoms with E-state index in [4.69, 9.17) is 0 Å². The van der Waals surface area contributed by atoms with Gasteiger partial charge in [0.1, 0.15) is 0 Å². The van der Waals surface area contributed by atoms with Crippen LogP contribution in [0, 0.1) is 0 Å². The number of carbonyl (C=O) groups excluding carboxylic acids is 1. The Balaban J connectivity index is 3.02. The normalized spacial score (nSPS) is 10.8. The predicted molar refractivity (Wildman–Crippen MR) is 107 cm³/mol. The summed E-state index contributed by atoms with van der Waals surface area (Å²) in [6.45, 7) is 8.81. The van der Waals surface area contributed by atoms with E-state index in [1.54, 1.807) is 4.90 Å². The van der Waals surface area contributed by atoms with Crippen LogP contribution >= 0.6 is 0 Å². The van der Waals surface area contributed by atoms with Gasteiger partial charge in [0.2, 0.25) is 0 Å². The van der Waals surface area contributed by atoms with Gasteiger partial charge < -0.3 is 4.90 Å². The van der Waals surface area contributed by atoms with Crippen LogP contribution in [-0.4, -0.2) is 24.9 Å². The molecular weight excluding hydrogens is 306 g/mol. The van der Waals surface area contributed by atoms with Crippen LogP contribution in [0.2, 0.25) is 0 Å². The molecule has 25 heavy (non-hydrogen) atoms. The Kier molecular flexibility index (Phi) is 6.41. The Hall–Kier alpha value is -2.09.